The van der Waals surface area contributed by atoms with E-state index in [0.29, 0.717) is 20.9 Å². The van der Waals surface area contributed by atoms with Crippen LogP contribution in [0.5, 0.6) is 5.75 Å². The van der Waals surface area contributed by atoms with Crippen molar-refractivity contribution in [1.29, 1.82) is 0 Å². The van der Waals surface area contributed by atoms with Crippen LogP contribution in [0.15, 0.2) is 30.3 Å². The lowest BCUT2D eigenvalue weighted by Crippen LogP contribution is -2.21. The maximum absolute atomic E-state index is 12.3. The summed E-state index contributed by atoms with van der Waals surface area (Å²) in [6.07, 6.45) is 0. The van der Waals surface area contributed by atoms with E-state index < -0.39 is 5.91 Å². The molecule has 9 heteroatoms. The van der Waals surface area contributed by atoms with Gasteiger partial charge in [-0.3, -0.25) is 4.79 Å². The summed E-state index contributed by atoms with van der Waals surface area (Å²) in [5.41, 5.74) is 1.48. The van der Waals surface area contributed by atoms with Crippen molar-refractivity contribution in [3.63, 3.8) is 0 Å². The molecule has 1 aromatic heterocycles. The van der Waals surface area contributed by atoms with Crippen molar-refractivity contribution >= 4 is 80.5 Å². The highest BCUT2D eigenvalue weighted by molar-refractivity contribution is 6.42. The second kappa shape index (κ2) is 8.29. The summed E-state index contributed by atoms with van der Waals surface area (Å²) in [6.45, 7) is 1.50. The van der Waals surface area contributed by atoms with Crippen LogP contribution in [0.3, 0.4) is 0 Å². The molecule has 0 spiro atoms. The number of carbonyl (C=O) groups is 1. The van der Waals surface area contributed by atoms with Crippen LogP contribution in [0.1, 0.15) is 5.69 Å². The minimum atomic E-state index is -0.479. The normalized spacial score (nSPS) is 10.9. The zero-order chi connectivity index (χ0) is 19.7. The zero-order valence-corrected chi connectivity index (χ0v) is 17.5. The van der Waals surface area contributed by atoms with E-state index in [1.807, 2.05) is 19.1 Å². The number of aryl methyl sites for hydroxylation is 1. The molecule has 0 bridgehead atoms. The van der Waals surface area contributed by atoms with Gasteiger partial charge in [0.25, 0.3) is 5.91 Å². The number of fused-ring (bicyclic) bond motifs is 1. The minimum Gasteiger partial charge on any atom is -0.480 e. The van der Waals surface area contributed by atoms with Gasteiger partial charge in [-0.25, -0.2) is 4.98 Å². The Balaban J connectivity index is 1.83. The Labute approximate surface area is 180 Å². The highest BCUT2D eigenvalue weighted by Gasteiger charge is 2.16. The van der Waals surface area contributed by atoms with Gasteiger partial charge in [0, 0.05) is 16.1 Å². The van der Waals surface area contributed by atoms with E-state index in [1.165, 1.54) is 12.1 Å². The molecule has 1 N–H and O–H groups in total. The lowest BCUT2D eigenvalue weighted by Gasteiger charge is -2.13. The molecule has 0 fully saturated rings. The van der Waals surface area contributed by atoms with E-state index >= 15 is 0 Å². The van der Waals surface area contributed by atoms with Crippen LogP contribution < -0.4 is 10.1 Å². The monoisotopic (exact) mass is 462 g/mol. The third-order valence-electron chi connectivity index (χ3n) is 3.60. The van der Waals surface area contributed by atoms with Gasteiger partial charge in [-0.2, -0.15) is 0 Å². The molecule has 0 atom stereocenters. The molecule has 0 saturated carbocycles. The first-order valence-electron chi connectivity index (χ1n) is 7.59. The number of anilines is 1. The molecule has 3 rings (SSSR count). The van der Waals surface area contributed by atoms with Gasteiger partial charge >= 0.3 is 0 Å². The third-order valence-corrected chi connectivity index (χ3v) is 5.00. The summed E-state index contributed by atoms with van der Waals surface area (Å²) < 4.78 is 5.62. The maximum Gasteiger partial charge on any atom is 0.262 e. The van der Waals surface area contributed by atoms with Crippen molar-refractivity contribution in [1.82, 2.24) is 4.98 Å². The lowest BCUT2D eigenvalue weighted by molar-refractivity contribution is -0.118. The number of nitrogens with one attached hydrogen (secondary N) is 1. The Morgan fingerprint density at radius 2 is 1.67 bits per heavy atom. The van der Waals surface area contributed by atoms with Gasteiger partial charge in [0.05, 0.1) is 25.8 Å². The molecule has 2 aromatic carbocycles. The van der Waals surface area contributed by atoms with Crippen LogP contribution >= 0.6 is 58.0 Å². The molecule has 4 nitrogen and oxygen atoms in total. The number of aromatic nitrogens is 1. The van der Waals surface area contributed by atoms with Gasteiger partial charge in [0.2, 0.25) is 0 Å². The average molecular weight is 465 g/mol. The first-order valence-corrected chi connectivity index (χ1v) is 9.48. The quantitative estimate of drug-likeness (QED) is 0.461. The van der Waals surface area contributed by atoms with Crippen LogP contribution in [-0.2, 0) is 4.79 Å². The number of benzene rings is 2. The SMILES string of the molecule is Cc1ccc2c(Cl)cc(Cl)c(OCC(=O)Nc3c(Cl)cc(Cl)cc3Cl)c2n1. The molecule has 27 heavy (non-hydrogen) atoms. The second-order valence-corrected chi connectivity index (χ2v) is 7.66. The smallest absolute Gasteiger partial charge is 0.262 e. The maximum atomic E-state index is 12.3. The van der Waals surface area contributed by atoms with Gasteiger partial charge in [0.1, 0.15) is 5.52 Å². The van der Waals surface area contributed by atoms with Gasteiger partial charge in [-0.1, -0.05) is 58.0 Å². The molecule has 0 radical (unpaired) electrons. The van der Waals surface area contributed by atoms with Crippen LogP contribution in [0.2, 0.25) is 25.1 Å². The topological polar surface area (TPSA) is 51.2 Å². The van der Waals surface area contributed by atoms with E-state index in [-0.39, 0.29) is 33.1 Å². The summed E-state index contributed by atoms with van der Waals surface area (Å²) in [6, 6.07) is 8.13. The fourth-order valence-corrected chi connectivity index (χ4v) is 3.88. The largest absolute Gasteiger partial charge is 0.480 e. The number of pyridine rings is 1. The van der Waals surface area contributed by atoms with Crippen LogP contribution in [0.4, 0.5) is 5.69 Å². The van der Waals surface area contributed by atoms with Crippen molar-refractivity contribution in [3.05, 3.63) is 61.1 Å². The predicted molar refractivity (Wildman–Crippen MR) is 112 cm³/mol. The van der Waals surface area contributed by atoms with E-state index in [4.69, 9.17) is 62.7 Å². The molecule has 140 valence electrons. The van der Waals surface area contributed by atoms with Crippen LogP contribution in [0, 0.1) is 6.92 Å². The number of nitrogens with zero attached hydrogens (tertiary/aromatic N) is 1. The summed E-state index contributed by atoms with van der Waals surface area (Å²) in [4.78, 5) is 16.7. The molecule has 0 aliphatic carbocycles. The molecular weight excluding hydrogens is 453 g/mol. The van der Waals surface area contributed by atoms with Gasteiger partial charge < -0.3 is 10.1 Å². The molecule has 0 aliphatic heterocycles. The average Bonchev–Trinajstić information content (AvgIpc) is 2.57. The molecule has 1 heterocycles. The van der Waals surface area contributed by atoms with Crippen molar-refractivity contribution in [2.45, 2.75) is 6.92 Å². The fourth-order valence-electron chi connectivity index (χ4n) is 2.40. The van der Waals surface area contributed by atoms with Crippen molar-refractivity contribution < 1.29 is 9.53 Å². The number of amides is 1. The Morgan fingerprint density at radius 3 is 2.33 bits per heavy atom. The molecule has 0 aliphatic rings. The first kappa shape index (κ1) is 20.3. The highest BCUT2D eigenvalue weighted by Crippen LogP contribution is 2.37. The van der Waals surface area contributed by atoms with E-state index in [9.17, 15) is 4.79 Å². The summed E-state index contributed by atoms with van der Waals surface area (Å²) in [5, 5.41) is 4.75. The predicted octanol–water partition coefficient (Wildman–Crippen LogP) is 6.83. The summed E-state index contributed by atoms with van der Waals surface area (Å²) in [7, 11) is 0. The van der Waals surface area contributed by atoms with Gasteiger partial charge in [-0.05, 0) is 37.3 Å². The van der Waals surface area contributed by atoms with Crippen molar-refractivity contribution in [2.75, 3.05) is 11.9 Å². The number of carbonyl (C=O) groups excluding carboxylic acids is 1. The number of ether oxygens (including phenoxy) is 1. The minimum absolute atomic E-state index is 0.216. The first-order chi connectivity index (χ1) is 12.8. The second-order valence-electron chi connectivity index (χ2n) is 5.60. The van der Waals surface area contributed by atoms with E-state index in [0.717, 1.165) is 5.69 Å². The number of hydrogen-bond donors (Lipinski definition) is 1. The van der Waals surface area contributed by atoms with Crippen LogP contribution in [-0.4, -0.2) is 17.5 Å². The number of halogens is 5. The molecule has 0 saturated heterocycles. The third kappa shape index (κ3) is 4.53. The Hall–Kier alpha value is -1.43. The van der Waals surface area contributed by atoms with Gasteiger partial charge in [-0.15, -0.1) is 0 Å². The fraction of sp³-hybridized carbons (Fsp3) is 0.111. The summed E-state index contributed by atoms with van der Waals surface area (Å²) >= 11 is 30.4. The number of rotatable bonds is 4. The van der Waals surface area contributed by atoms with Crippen LogP contribution in [0.25, 0.3) is 10.9 Å². The molecule has 1 amide bonds. The Bertz CT molecular complexity index is 1030. The van der Waals surface area contributed by atoms with Crippen molar-refractivity contribution in [3.8, 4) is 5.75 Å². The molecule has 3 aromatic rings. The number of hydrogen-bond acceptors (Lipinski definition) is 3. The van der Waals surface area contributed by atoms with Gasteiger partial charge in [0.15, 0.2) is 12.4 Å². The molecular formula is C18H11Cl5N2O2. The Kier molecular flexibility index (Phi) is 6.24. The van der Waals surface area contributed by atoms with E-state index in [2.05, 4.69) is 10.3 Å². The molecule has 0 unspecified atom stereocenters. The lowest BCUT2D eigenvalue weighted by atomic mass is 10.2. The highest BCUT2D eigenvalue weighted by atomic mass is 35.5. The van der Waals surface area contributed by atoms with Crippen molar-refractivity contribution in [2.24, 2.45) is 0 Å². The summed E-state index contributed by atoms with van der Waals surface area (Å²) in [5.74, 6) is -0.212. The standard InChI is InChI=1S/C18H11Cl5N2O2/c1-8-2-3-10-11(20)6-14(23)18(16(10)24-8)27-7-15(26)25-17-12(21)4-9(19)5-13(17)22/h2-6H,7H2,1H3,(H,25,26). The Morgan fingerprint density at radius 1 is 1.00 bits per heavy atom. The zero-order valence-electron chi connectivity index (χ0n) is 13.7. The van der Waals surface area contributed by atoms with E-state index in [1.54, 1.807) is 6.07 Å².